The first kappa shape index (κ1) is 18.8. The Labute approximate surface area is 168 Å². The fourth-order valence-corrected chi connectivity index (χ4v) is 3.80. The number of likely N-dealkylation sites (N-methyl/N-ethyl adjacent to an activating group) is 1. The Morgan fingerprint density at radius 1 is 1.31 bits per heavy atom. The van der Waals surface area contributed by atoms with Crippen molar-refractivity contribution in [3.63, 3.8) is 0 Å². The molecule has 0 spiro atoms. The van der Waals surface area contributed by atoms with E-state index >= 15 is 0 Å². The van der Waals surface area contributed by atoms with Gasteiger partial charge in [-0.3, -0.25) is 9.69 Å². The van der Waals surface area contributed by atoms with Crippen LogP contribution in [0.3, 0.4) is 0 Å². The molecule has 1 heterocycles. The molecular formula is C18H14BrClN2O3S. The molecule has 3 rings (SSSR count). The Bertz CT molecular complexity index is 929. The Morgan fingerprint density at radius 2 is 2.00 bits per heavy atom. The molecule has 0 atom stereocenters. The predicted octanol–water partition coefficient (Wildman–Crippen LogP) is 5.05. The van der Waals surface area contributed by atoms with Gasteiger partial charge in [0.05, 0.1) is 22.2 Å². The van der Waals surface area contributed by atoms with Crippen molar-refractivity contribution < 1.29 is 14.6 Å². The van der Waals surface area contributed by atoms with E-state index < -0.39 is 0 Å². The van der Waals surface area contributed by atoms with Crippen LogP contribution in [0.15, 0.2) is 50.8 Å². The van der Waals surface area contributed by atoms with Crippen LogP contribution in [-0.2, 0) is 4.79 Å². The summed E-state index contributed by atoms with van der Waals surface area (Å²) in [7, 11) is 3.20. The molecule has 1 N–H and O–H groups in total. The maximum atomic E-state index is 12.5. The summed E-state index contributed by atoms with van der Waals surface area (Å²) < 4.78 is 5.69. The highest BCUT2D eigenvalue weighted by Crippen LogP contribution is 2.38. The number of thioether (sulfide) groups is 1. The number of amides is 1. The Morgan fingerprint density at radius 3 is 2.65 bits per heavy atom. The predicted molar refractivity (Wildman–Crippen MR) is 109 cm³/mol. The number of methoxy groups -OCH3 is 1. The summed E-state index contributed by atoms with van der Waals surface area (Å²) in [6.07, 6.45) is 1.62. The number of phenols is 1. The Hall–Kier alpha value is -1.96. The lowest BCUT2D eigenvalue weighted by Gasteiger charge is -2.07. The number of rotatable bonds is 3. The number of carbonyl (C=O) groups excluding carboxylic acids is 1. The summed E-state index contributed by atoms with van der Waals surface area (Å²) in [6.45, 7) is 0. The largest absolute Gasteiger partial charge is 0.506 e. The van der Waals surface area contributed by atoms with Crippen LogP contribution in [0.4, 0.5) is 5.69 Å². The smallest absolute Gasteiger partial charge is 0.266 e. The summed E-state index contributed by atoms with van der Waals surface area (Å²) in [5, 5.41) is 11.4. The summed E-state index contributed by atoms with van der Waals surface area (Å²) in [5.41, 5.74) is 1.18. The molecule has 0 radical (unpaired) electrons. The average Bonchev–Trinajstić information content (AvgIpc) is 2.88. The number of aromatic hydroxyl groups is 1. The molecule has 0 unspecified atom stereocenters. The minimum Gasteiger partial charge on any atom is -0.506 e. The van der Waals surface area contributed by atoms with Crippen molar-refractivity contribution in [2.75, 3.05) is 14.2 Å². The fraction of sp³-hybridized carbons (Fsp3) is 0.111. The lowest BCUT2D eigenvalue weighted by atomic mass is 10.1. The quantitative estimate of drug-likeness (QED) is 0.661. The number of hydrogen-bond donors (Lipinski definition) is 1. The van der Waals surface area contributed by atoms with Gasteiger partial charge in [0.2, 0.25) is 0 Å². The molecule has 8 heteroatoms. The monoisotopic (exact) mass is 452 g/mol. The lowest BCUT2D eigenvalue weighted by molar-refractivity contribution is -0.121. The molecule has 1 amide bonds. The van der Waals surface area contributed by atoms with Gasteiger partial charge in [0.15, 0.2) is 5.17 Å². The highest BCUT2D eigenvalue weighted by Gasteiger charge is 2.30. The van der Waals surface area contributed by atoms with Crippen molar-refractivity contribution in [1.29, 1.82) is 0 Å². The second kappa shape index (κ2) is 7.73. The van der Waals surface area contributed by atoms with Crippen LogP contribution in [-0.4, -0.2) is 35.2 Å². The first-order valence-corrected chi connectivity index (χ1v) is 9.46. The zero-order chi connectivity index (χ0) is 18.8. The number of halogens is 2. The number of carbonyl (C=O) groups is 1. The van der Waals surface area contributed by atoms with E-state index in [4.69, 9.17) is 16.3 Å². The number of ether oxygens (including phenoxy) is 1. The Balaban J connectivity index is 1.95. The van der Waals surface area contributed by atoms with Crippen molar-refractivity contribution in [2.45, 2.75) is 0 Å². The molecule has 1 aliphatic rings. The minimum atomic E-state index is -0.193. The van der Waals surface area contributed by atoms with Gasteiger partial charge < -0.3 is 9.84 Å². The van der Waals surface area contributed by atoms with E-state index in [2.05, 4.69) is 20.9 Å². The molecule has 2 aromatic carbocycles. The third-order valence-electron chi connectivity index (χ3n) is 3.64. The molecule has 5 nitrogen and oxygen atoms in total. The van der Waals surface area contributed by atoms with Gasteiger partial charge in [-0.2, -0.15) is 0 Å². The second-order valence-corrected chi connectivity index (χ2v) is 7.69. The summed E-state index contributed by atoms with van der Waals surface area (Å²) in [6, 6.07) is 10.4. The average molecular weight is 454 g/mol. The fourth-order valence-electron chi connectivity index (χ4n) is 2.24. The summed E-state index contributed by atoms with van der Waals surface area (Å²) in [4.78, 5) is 18.9. The molecule has 1 aliphatic heterocycles. The molecular weight excluding hydrogens is 440 g/mol. The van der Waals surface area contributed by atoms with E-state index in [0.717, 1.165) is 0 Å². The number of amidine groups is 1. The maximum absolute atomic E-state index is 12.5. The number of hydrogen-bond acceptors (Lipinski definition) is 5. The molecule has 0 aliphatic carbocycles. The molecule has 0 saturated carbocycles. The van der Waals surface area contributed by atoms with Crippen molar-refractivity contribution in [1.82, 2.24) is 4.90 Å². The molecule has 26 heavy (non-hydrogen) atoms. The van der Waals surface area contributed by atoms with Crippen LogP contribution < -0.4 is 4.74 Å². The van der Waals surface area contributed by atoms with Crippen molar-refractivity contribution >= 4 is 62.1 Å². The van der Waals surface area contributed by atoms with Gasteiger partial charge in [-0.1, -0.05) is 11.6 Å². The van der Waals surface area contributed by atoms with Gasteiger partial charge in [0, 0.05) is 17.6 Å². The van der Waals surface area contributed by atoms with Crippen molar-refractivity contribution in [3.05, 3.63) is 56.4 Å². The standard InChI is InChI=1S/C18H14BrClN2O3S/c1-22-17(24)15(8-10-7-13(25-2)9-14(19)16(10)23)26-18(22)21-12-5-3-11(20)4-6-12/h3-9,23H,1-2H3/b15-8-,21-18?. The number of nitrogens with zero attached hydrogens (tertiary/aromatic N) is 2. The van der Waals surface area contributed by atoms with Gasteiger partial charge in [0.25, 0.3) is 5.91 Å². The zero-order valence-electron chi connectivity index (χ0n) is 13.9. The molecule has 0 bridgehead atoms. The zero-order valence-corrected chi connectivity index (χ0v) is 17.0. The normalized spacial score (nSPS) is 17.4. The van der Waals surface area contributed by atoms with Gasteiger partial charge in [-0.25, -0.2) is 4.99 Å². The number of aliphatic imine (C=N–C) groups is 1. The van der Waals surface area contributed by atoms with E-state index in [-0.39, 0.29) is 11.7 Å². The van der Waals surface area contributed by atoms with Gasteiger partial charge in [0.1, 0.15) is 11.5 Å². The van der Waals surface area contributed by atoms with Gasteiger partial charge in [-0.15, -0.1) is 0 Å². The third kappa shape index (κ3) is 3.90. The first-order chi connectivity index (χ1) is 12.4. The molecule has 1 saturated heterocycles. The third-order valence-corrected chi connectivity index (χ3v) is 5.56. The van der Waals surface area contributed by atoms with Crippen LogP contribution in [0.2, 0.25) is 5.02 Å². The highest BCUT2D eigenvalue weighted by molar-refractivity contribution is 9.10. The molecule has 134 valence electrons. The van der Waals surface area contributed by atoms with E-state index in [1.165, 1.54) is 23.8 Å². The van der Waals surface area contributed by atoms with Crippen LogP contribution in [0, 0.1) is 0 Å². The first-order valence-electron chi connectivity index (χ1n) is 7.47. The Kier molecular flexibility index (Phi) is 5.60. The lowest BCUT2D eigenvalue weighted by Crippen LogP contribution is -2.23. The second-order valence-electron chi connectivity index (χ2n) is 5.39. The summed E-state index contributed by atoms with van der Waals surface area (Å²) in [5.74, 6) is 0.416. The topological polar surface area (TPSA) is 62.1 Å². The SMILES string of the molecule is COc1cc(Br)c(O)c(/C=C2\SC(=Nc3ccc(Cl)cc3)N(C)C2=O)c1. The molecule has 1 fully saturated rings. The van der Waals surface area contributed by atoms with Crippen LogP contribution >= 0.6 is 39.3 Å². The van der Waals surface area contributed by atoms with Crippen molar-refractivity contribution in [2.24, 2.45) is 4.99 Å². The number of benzene rings is 2. The van der Waals surface area contributed by atoms with E-state index in [9.17, 15) is 9.90 Å². The van der Waals surface area contributed by atoms with Crippen LogP contribution in [0.5, 0.6) is 11.5 Å². The minimum absolute atomic E-state index is 0.0393. The van der Waals surface area contributed by atoms with Gasteiger partial charge >= 0.3 is 0 Å². The van der Waals surface area contributed by atoms with Crippen LogP contribution in [0.25, 0.3) is 6.08 Å². The maximum Gasteiger partial charge on any atom is 0.266 e. The van der Waals surface area contributed by atoms with Crippen LogP contribution in [0.1, 0.15) is 5.56 Å². The number of phenolic OH excluding ortho intramolecular Hbond substituents is 1. The molecule has 2 aromatic rings. The molecule has 0 aromatic heterocycles. The van der Waals surface area contributed by atoms with E-state index in [1.807, 2.05) is 0 Å². The van der Waals surface area contributed by atoms with E-state index in [0.29, 0.717) is 36.6 Å². The van der Waals surface area contributed by atoms with E-state index in [1.54, 1.807) is 49.5 Å². The van der Waals surface area contributed by atoms with Crippen molar-refractivity contribution in [3.8, 4) is 11.5 Å². The highest BCUT2D eigenvalue weighted by atomic mass is 79.9. The van der Waals surface area contributed by atoms with Gasteiger partial charge in [-0.05, 0) is 70.2 Å². The summed E-state index contributed by atoms with van der Waals surface area (Å²) >= 11 is 10.4.